The summed E-state index contributed by atoms with van der Waals surface area (Å²) >= 11 is 0. The number of rotatable bonds is 2. The predicted molar refractivity (Wildman–Crippen MR) is 78.3 cm³/mol. The summed E-state index contributed by atoms with van der Waals surface area (Å²) in [5, 5.41) is 19.3. The summed E-state index contributed by atoms with van der Waals surface area (Å²) in [6.45, 7) is 1.15. The largest absolute Gasteiger partial charge is 0.458 e. The zero-order valence-corrected chi connectivity index (χ0v) is 12.2. The minimum atomic E-state index is -0.920. The quantitative estimate of drug-likeness (QED) is 0.774. The lowest BCUT2D eigenvalue weighted by Crippen LogP contribution is -2.53. The van der Waals surface area contributed by atoms with Crippen molar-refractivity contribution in [2.75, 3.05) is 24.6 Å². The average molecular weight is 305 g/mol. The molecular formula is C16H19NO5. The van der Waals surface area contributed by atoms with Gasteiger partial charge in [-0.15, -0.1) is 0 Å². The lowest BCUT2D eigenvalue weighted by Gasteiger charge is -2.45. The third-order valence-corrected chi connectivity index (χ3v) is 4.80. The van der Waals surface area contributed by atoms with Crippen LogP contribution in [0.15, 0.2) is 12.1 Å². The van der Waals surface area contributed by atoms with Crippen LogP contribution in [-0.4, -0.2) is 54.2 Å². The molecule has 1 spiro atoms. The Hall–Kier alpha value is -1.63. The number of hydrogen-bond acceptors (Lipinski definition) is 6. The van der Waals surface area contributed by atoms with E-state index in [1.807, 2.05) is 0 Å². The molecule has 0 amide bonds. The minimum Gasteiger partial charge on any atom is -0.458 e. The van der Waals surface area contributed by atoms with Crippen LogP contribution in [0.2, 0.25) is 0 Å². The fraction of sp³-hybridized carbons (Fsp3) is 0.562. The molecule has 118 valence electrons. The summed E-state index contributed by atoms with van der Waals surface area (Å²) in [5.74, 6) is -0.228. The van der Waals surface area contributed by atoms with Gasteiger partial charge in [0.1, 0.15) is 18.1 Å². The summed E-state index contributed by atoms with van der Waals surface area (Å²) in [7, 11) is 0. The number of aliphatic hydroxyl groups is 2. The van der Waals surface area contributed by atoms with Crippen molar-refractivity contribution in [3.05, 3.63) is 23.3 Å². The SMILES string of the molecule is O=Cc1ccc2c3c1CCCN3C[C@@]1(C[C@H](O)[C@@H](CO)O1)O2. The smallest absolute Gasteiger partial charge is 0.231 e. The van der Waals surface area contributed by atoms with Crippen LogP contribution in [0.5, 0.6) is 5.75 Å². The number of hydrogen-bond donors (Lipinski definition) is 2. The third-order valence-electron chi connectivity index (χ3n) is 4.80. The maximum Gasteiger partial charge on any atom is 0.231 e. The van der Waals surface area contributed by atoms with Gasteiger partial charge in [-0.1, -0.05) is 0 Å². The second-order valence-electron chi connectivity index (χ2n) is 6.25. The fourth-order valence-electron chi connectivity index (χ4n) is 3.85. The maximum atomic E-state index is 11.2. The van der Waals surface area contributed by atoms with Gasteiger partial charge in [-0.25, -0.2) is 0 Å². The topological polar surface area (TPSA) is 79.2 Å². The van der Waals surface area contributed by atoms with E-state index in [4.69, 9.17) is 9.47 Å². The van der Waals surface area contributed by atoms with E-state index in [0.29, 0.717) is 24.3 Å². The van der Waals surface area contributed by atoms with Gasteiger partial charge >= 0.3 is 0 Å². The van der Waals surface area contributed by atoms with E-state index in [1.165, 1.54) is 0 Å². The molecule has 3 aliphatic rings. The molecule has 6 nitrogen and oxygen atoms in total. The van der Waals surface area contributed by atoms with Gasteiger partial charge in [0.15, 0.2) is 0 Å². The third kappa shape index (κ3) is 1.95. The molecule has 4 rings (SSSR count). The molecule has 0 unspecified atom stereocenters. The van der Waals surface area contributed by atoms with Crippen molar-refractivity contribution in [3.63, 3.8) is 0 Å². The van der Waals surface area contributed by atoms with Crippen LogP contribution in [0.3, 0.4) is 0 Å². The fourth-order valence-corrected chi connectivity index (χ4v) is 3.85. The van der Waals surface area contributed by atoms with Crippen LogP contribution in [0.4, 0.5) is 5.69 Å². The molecule has 1 fully saturated rings. The Labute approximate surface area is 128 Å². The van der Waals surface area contributed by atoms with Crippen molar-refractivity contribution in [1.29, 1.82) is 0 Å². The highest BCUT2D eigenvalue weighted by Gasteiger charge is 2.52. The standard InChI is InChI=1S/C16H19NO5/c18-7-10-3-4-13-15-11(10)2-1-5-17(15)9-16(21-13)6-12(20)14(8-19)22-16/h3-4,7,12,14,19-20H,1-2,5-6,8-9H2/t12-,14+,16-/m0/s1. The van der Waals surface area contributed by atoms with E-state index in [-0.39, 0.29) is 6.61 Å². The van der Waals surface area contributed by atoms with Crippen LogP contribution in [0.25, 0.3) is 0 Å². The summed E-state index contributed by atoms with van der Waals surface area (Å²) in [5.41, 5.74) is 2.72. The number of anilines is 1. The molecular weight excluding hydrogens is 286 g/mol. The number of benzene rings is 1. The molecule has 0 aromatic heterocycles. The summed E-state index contributed by atoms with van der Waals surface area (Å²) in [4.78, 5) is 13.4. The molecule has 3 aliphatic heterocycles. The Kier molecular flexibility index (Phi) is 3.14. The van der Waals surface area contributed by atoms with Crippen LogP contribution in [0.1, 0.15) is 28.8 Å². The molecule has 6 heteroatoms. The molecule has 0 saturated carbocycles. The number of carbonyl (C=O) groups excluding carboxylic acids is 1. The molecule has 3 heterocycles. The number of aldehydes is 1. The molecule has 1 aromatic rings. The lowest BCUT2D eigenvalue weighted by molar-refractivity contribution is -0.177. The molecule has 2 N–H and O–H groups in total. The highest BCUT2D eigenvalue weighted by Crippen LogP contribution is 2.47. The van der Waals surface area contributed by atoms with E-state index < -0.39 is 18.0 Å². The van der Waals surface area contributed by atoms with Gasteiger partial charge < -0.3 is 24.6 Å². The monoisotopic (exact) mass is 305 g/mol. The van der Waals surface area contributed by atoms with Crippen molar-refractivity contribution in [2.24, 2.45) is 0 Å². The van der Waals surface area contributed by atoms with Crippen LogP contribution in [-0.2, 0) is 11.2 Å². The Morgan fingerprint density at radius 1 is 1.45 bits per heavy atom. The van der Waals surface area contributed by atoms with Gasteiger partial charge in [-0.2, -0.15) is 0 Å². The average Bonchev–Trinajstić information content (AvgIpc) is 2.82. The van der Waals surface area contributed by atoms with E-state index >= 15 is 0 Å². The number of carbonyl (C=O) groups is 1. The first-order valence-electron chi connectivity index (χ1n) is 7.67. The minimum absolute atomic E-state index is 0.228. The van der Waals surface area contributed by atoms with E-state index in [1.54, 1.807) is 12.1 Å². The van der Waals surface area contributed by atoms with Gasteiger partial charge in [0.25, 0.3) is 0 Å². The highest BCUT2D eigenvalue weighted by molar-refractivity contribution is 5.84. The normalized spacial score (nSPS) is 32.7. The van der Waals surface area contributed by atoms with Crippen LogP contribution < -0.4 is 9.64 Å². The van der Waals surface area contributed by atoms with Crippen molar-refractivity contribution in [2.45, 2.75) is 37.3 Å². The van der Waals surface area contributed by atoms with E-state index in [2.05, 4.69) is 4.90 Å². The summed E-state index contributed by atoms with van der Waals surface area (Å²) in [6.07, 6.45) is 1.72. The van der Waals surface area contributed by atoms with Gasteiger partial charge in [0, 0.05) is 18.5 Å². The van der Waals surface area contributed by atoms with Crippen LogP contribution >= 0.6 is 0 Å². The number of ether oxygens (including phenoxy) is 2. The van der Waals surface area contributed by atoms with Crippen LogP contribution in [0, 0.1) is 0 Å². The lowest BCUT2D eigenvalue weighted by atomic mass is 9.93. The zero-order chi connectivity index (χ0) is 15.3. The molecule has 0 bridgehead atoms. The second kappa shape index (κ2) is 4.94. The molecule has 1 aromatic carbocycles. The molecule has 22 heavy (non-hydrogen) atoms. The zero-order valence-electron chi connectivity index (χ0n) is 12.2. The van der Waals surface area contributed by atoms with Crippen molar-refractivity contribution in [1.82, 2.24) is 0 Å². The molecule has 0 radical (unpaired) electrons. The molecule has 0 aliphatic carbocycles. The first-order chi connectivity index (χ1) is 10.7. The van der Waals surface area contributed by atoms with Gasteiger partial charge in [-0.05, 0) is 30.5 Å². The Bertz CT molecular complexity index is 619. The van der Waals surface area contributed by atoms with Crippen molar-refractivity contribution < 1.29 is 24.5 Å². The highest BCUT2D eigenvalue weighted by atomic mass is 16.7. The van der Waals surface area contributed by atoms with Gasteiger partial charge in [-0.3, -0.25) is 4.79 Å². The van der Waals surface area contributed by atoms with Gasteiger partial charge in [0.05, 0.1) is 24.9 Å². The summed E-state index contributed by atoms with van der Waals surface area (Å²) < 4.78 is 11.9. The van der Waals surface area contributed by atoms with E-state index in [0.717, 1.165) is 36.9 Å². The number of aliphatic hydroxyl groups excluding tert-OH is 2. The Balaban J connectivity index is 1.75. The first-order valence-corrected chi connectivity index (χ1v) is 7.67. The number of nitrogens with zero attached hydrogens (tertiary/aromatic N) is 1. The predicted octanol–water partition coefficient (Wildman–Crippen LogP) is 0.482. The summed E-state index contributed by atoms with van der Waals surface area (Å²) in [6, 6.07) is 3.57. The van der Waals surface area contributed by atoms with Gasteiger partial charge in [0.2, 0.25) is 5.79 Å². The Morgan fingerprint density at radius 2 is 2.32 bits per heavy atom. The first kappa shape index (κ1) is 14.0. The second-order valence-corrected chi connectivity index (χ2v) is 6.25. The van der Waals surface area contributed by atoms with E-state index in [9.17, 15) is 15.0 Å². The van der Waals surface area contributed by atoms with Crippen molar-refractivity contribution in [3.8, 4) is 5.75 Å². The van der Waals surface area contributed by atoms with Crippen molar-refractivity contribution >= 4 is 12.0 Å². The Morgan fingerprint density at radius 3 is 3.05 bits per heavy atom. The molecule has 3 atom stereocenters. The maximum absolute atomic E-state index is 11.2. The molecule has 1 saturated heterocycles.